The molecule has 200 valence electrons. The molecule has 9 nitrogen and oxygen atoms in total. The van der Waals surface area contributed by atoms with E-state index in [1.54, 1.807) is 23.5 Å². The van der Waals surface area contributed by atoms with E-state index in [1.165, 1.54) is 19.1 Å². The Labute approximate surface area is 230 Å². The highest BCUT2D eigenvalue weighted by Crippen LogP contribution is 2.39. The number of aliphatic imine (C=N–C) groups is 1. The summed E-state index contributed by atoms with van der Waals surface area (Å²) in [6, 6.07) is 14.9. The minimum Gasteiger partial charge on any atom is -0.469 e. The normalized spacial score (nSPS) is 14.1. The lowest BCUT2D eigenvalue weighted by Gasteiger charge is -2.12. The number of fused-ring (bicyclic) bond motifs is 3. The third-order valence-corrected chi connectivity index (χ3v) is 8.05. The summed E-state index contributed by atoms with van der Waals surface area (Å²) in [6.07, 6.45) is 0.0690. The lowest BCUT2D eigenvalue weighted by atomic mass is 9.99. The molecular formula is C29H29N5O4S. The van der Waals surface area contributed by atoms with E-state index in [1.807, 2.05) is 47.9 Å². The van der Waals surface area contributed by atoms with Crippen LogP contribution in [0.1, 0.15) is 61.6 Å². The average Bonchev–Trinajstić information content (AvgIpc) is 3.43. The van der Waals surface area contributed by atoms with Crippen molar-refractivity contribution in [2.45, 2.75) is 39.8 Å². The Bertz CT molecular complexity index is 1570. The van der Waals surface area contributed by atoms with Crippen LogP contribution in [0.2, 0.25) is 0 Å². The second-order valence-electron chi connectivity index (χ2n) is 9.30. The third-order valence-electron chi connectivity index (χ3n) is 6.86. The van der Waals surface area contributed by atoms with Gasteiger partial charge in [-0.2, -0.15) is 0 Å². The highest BCUT2D eigenvalue weighted by Gasteiger charge is 2.32. The summed E-state index contributed by atoms with van der Waals surface area (Å²) in [5.41, 5.74) is 6.43. The van der Waals surface area contributed by atoms with E-state index in [0.29, 0.717) is 17.9 Å². The number of esters is 2. The number of aromatic nitrogens is 3. The Morgan fingerprint density at radius 1 is 0.974 bits per heavy atom. The quantitative estimate of drug-likeness (QED) is 0.323. The molecule has 3 heterocycles. The monoisotopic (exact) mass is 543 g/mol. The predicted octanol–water partition coefficient (Wildman–Crippen LogP) is 5.11. The maximum atomic E-state index is 12.3. The molecule has 2 aromatic carbocycles. The van der Waals surface area contributed by atoms with Crippen LogP contribution in [0.25, 0.3) is 5.00 Å². The zero-order valence-electron chi connectivity index (χ0n) is 22.4. The van der Waals surface area contributed by atoms with Crippen molar-refractivity contribution in [2.24, 2.45) is 4.99 Å². The van der Waals surface area contributed by atoms with Crippen molar-refractivity contribution in [1.29, 1.82) is 0 Å². The molecule has 1 atom stereocenters. The first-order valence-electron chi connectivity index (χ1n) is 12.5. The number of hydrogen-bond acceptors (Lipinski definition) is 9. The molecule has 0 bridgehead atoms. The lowest BCUT2D eigenvalue weighted by molar-refractivity contribution is -0.141. The largest absolute Gasteiger partial charge is 0.469 e. The fourth-order valence-electron chi connectivity index (χ4n) is 4.59. The van der Waals surface area contributed by atoms with E-state index in [4.69, 9.17) is 14.5 Å². The van der Waals surface area contributed by atoms with Gasteiger partial charge >= 0.3 is 11.9 Å². The molecule has 2 aromatic heterocycles. The summed E-state index contributed by atoms with van der Waals surface area (Å²) in [4.78, 5) is 30.3. The number of benzene rings is 2. The van der Waals surface area contributed by atoms with E-state index >= 15 is 0 Å². The Balaban J connectivity index is 1.46. The van der Waals surface area contributed by atoms with E-state index in [0.717, 1.165) is 44.5 Å². The van der Waals surface area contributed by atoms with Crippen molar-refractivity contribution in [3.05, 3.63) is 92.9 Å². The molecule has 4 aromatic rings. The number of hydrogen-bond donors (Lipinski definition) is 1. The van der Waals surface area contributed by atoms with E-state index in [-0.39, 0.29) is 18.4 Å². The van der Waals surface area contributed by atoms with Gasteiger partial charge in [-0.25, -0.2) is 4.79 Å². The molecule has 5 rings (SSSR count). The minimum absolute atomic E-state index is 0.0690. The molecule has 0 saturated heterocycles. The van der Waals surface area contributed by atoms with Crippen LogP contribution in [-0.4, -0.2) is 46.6 Å². The second kappa shape index (κ2) is 10.8. The number of carbonyl (C=O) groups is 2. The molecule has 1 aliphatic heterocycles. The Hall–Kier alpha value is -4.31. The van der Waals surface area contributed by atoms with Crippen LogP contribution >= 0.6 is 11.3 Å². The third kappa shape index (κ3) is 5.07. The molecule has 0 fully saturated rings. The number of methoxy groups -OCH3 is 2. The summed E-state index contributed by atoms with van der Waals surface area (Å²) in [6.45, 7) is 6.71. The van der Waals surface area contributed by atoms with Gasteiger partial charge in [0.2, 0.25) is 0 Å². The number of ether oxygens (including phenoxy) is 2. The van der Waals surface area contributed by atoms with E-state index in [9.17, 15) is 9.59 Å². The Kier molecular flexibility index (Phi) is 7.30. The number of anilines is 1. The highest BCUT2D eigenvalue weighted by atomic mass is 32.1. The van der Waals surface area contributed by atoms with Crippen LogP contribution < -0.4 is 5.32 Å². The predicted molar refractivity (Wildman–Crippen MR) is 150 cm³/mol. The zero-order valence-corrected chi connectivity index (χ0v) is 23.3. The first kappa shape index (κ1) is 26.3. The molecule has 0 saturated carbocycles. The van der Waals surface area contributed by atoms with Gasteiger partial charge < -0.3 is 14.8 Å². The number of rotatable bonds is 7. The SMILES string of the molecule is COC(=O)C[C@@H]1N=C(c2ccc(NCc3ccc(C(=O)OC)cc3)cc2)c2c(sc(C)c2C)-n2c(C)nnc21. The topological polar surface area (TPSA) is 108 Å². The second-order valence-corrected chi connectivity index (χ2v) is 10.5. The molecule has 0 amide bonds. The van der Waals surface area contributed by atoms with Crippen LogP contribution in [0.5, 0.6) is 0 Å². The van der Waals surface area contributed by atoms with Crippen LogP contribution in [0.15, 0.2) is 53.5 Å². The van der Waals surface area contributed by atoms with Crippen molar-refractivity contribution >= 4 is 34.7 Å². The van der Waals surface area contributed by atoms with Gasteiger partial charge in [0.15, 0.2) is 5.82 Å². The first-order valence-corrected chi connectivity index (χ1v) is 13.3. The van der Waals surface area contributed by atoms with Crippen molar-refractivity contribution in [3.63, 3.8) is 0 Å². The van der Waals surface area contributed by atoms with Gasteiger partial charge in [-0.05, 0) is 56.2 Å². The summed E-state index contributed by atoms with van der Waals surface area (Å²) < 4.78 is 11.7. The molecule has 1 N–H and O–H groups in total. The number of nitrogens with one attached hydrogen (secondary N) is 1. The van der Waals surface area contributed by atoms with Gasteiger partial charge in [0, 0.05) is 28.2 Å². The molecule has 10 heteroatoms. The summed E-state index contributed by atoms with van der Waals surface area (Å²) >= 11 is 1.67. The molecule has 0 spiro atoms. The molecular weight excluding hydrogens is 514 g/mol. The van der Waals surface area contributed by atoms with Crippen molar-refractivity contribution in [1.82, 2.24) is 14.8 Å². The van der Waals surface area contributed by atoms with Gasteiger partial charge in [-0.1, -0.05) is 24.3 Å². The molecule has 0 radical (unpaired) electrons. The fraction of sp³-hybridized carbons (Fsp3) is 0.276. The first-order chi connectivity index (χ1) is 18.8. The summed E-state index contributed by atoms with van der Waals surface area (Å²) in [5, 5.41) is 13.1. The standard InChI is InChI=1S/C29H29N5O4S/c1-16-17(2)39-28-25(16)26(31-23(14-24(35)37-4)27-33-32-18(3)34(27)28)20-10-12-22(13-11-20)30-15-19-6-8-21(9-7-19)29(36)38-5/h6-13,23,30H,14-15H2,1-5H3/t23-/m0/s1. The number of carbonyl (C=O) groups excluding carboxylic acids is 2. The number of nitrogens with zero attached hydrogens (tertiary/aromatic N) is 4. The van der Waals surface area contributed by atoms with E-state index in [2.05, 4.69) is 29.4 Å². The van der Waals surface area contributed by atoms with Crippen molar-refractivity contribution < 1.29 is 19.1 Å². The van der Waals surface area contributed by atoms with Gasteiger partial charge in [0.1, 0.15) is 16.9 Å². The molecule has 0 aliphatic carbocycles. The van der Waals surface area contributed by atoms with Gasteiger partial charge in [0.05, 0.1) is 31.9 Å². The number of aryl methyl sites for hydroxylation is 2. The Morgan fingerprint density at radius 2 is 1.69 bits per heavy atom. The molecule has 1 aliphatic rings. The van der Waals surface area contributed by atoms with Crippen LogP contribution in [-0.2, 0) is 20.8 Å². The van der Waals surface area contributed by atoms with Gasteiger partial charge in [0.25, 0.3) is 0 Å². The van der Waals surface area contributed by atoms with Crippen LogP contribution in [0.4, 0.5) is 5.69 Å². The van der Waals surface area contributed by atoms with Crippen molar-refractivity contribution in [2.75, 3.05) is 19.5 Å². The van der Waals surface area contributed by atoms with Crippen LogP contribution in [0.3, 0.4) is 0 Å². The minimum atomic E-state index is -0.529. The molecule has 39 heavy (non-hydrogen) atoms. The van der Waals surface area contributed by atoms with E-state index < -0.39 is 6.04 Å². The summed E-state index contributed by atoms with van der Waals surface area (Å²) in [5.74, 6) is 0.673. The summed E-state index contributed by atoms with van der Waals surface area (Å²) in [7, 11) is 2.75. The zero-order chi connectivity index (χ0) is 27.7. The smallest absolute Gasteiger partial charge is 0.337 e. The van der Waals surface area contributed by atoms with Crippen LogP contribution in [0, 0.1) is 20.8 Å². The molecule has 0 unspecified atom stereocenters. The fourth-order valence-corrected chi connectivity index (χ4v) is 5.81. The highest BCUT2D eigenvalue weighted by molar-refractivity contribution is 7.15. The lowest BCUT2D eigenvalue weighted by Crippen LogP contribution is -2.12. The number of thiophene rings is 1. The van der Waals surface area contributed by atoms with Crippen molar-refractivity contribution in [3.8, 4) is 5.00 Å². The maximum absolute atomic E-state index is 12.3. The van der Waals surface area contributed by atoms with Gasteiger partial charge in [-0.3, -0.25) is 14.4 Å². The average molecular weight is 544 g/mol. The van der Waals surface area contributed by atoms with Gasteiger partial charge in [-0.15, -0.1) is 21.5 Å². The maximum Gasteiger partial charge on any atom is 0.337 e. The Morgan fingerprint density at radius 3 is 2.36 bits per heavy atom.